The molecule has 0 saturated carbocycles. The third-order valence-corrected chi connectivity index (χ3v) is 5.79. The molecule has 5 aromatic rings. The Labute approximate surface area is 201 Å². The van der Waals surface area contributed by atoms with E-state index in [1.807, 2.05) is 30.3 Å². The summed E-state index contributed by atoms with van der Waals surface area (Å²) < 4.78 is 11.2. The number of pyridine rings is 1. The lowest BCUT2D eigenvalue weighted by Crippen LogP contribution is -2.44. The molecule has 0 unspecified atom stereocenters. The number of anilines is 1. The molecule has 0 bridgehead atoms. The Balaban J connectivity index is 1.55. The first-order valence-electron chi connectivity index (χ1n) is 10.8. The zero-order chi connectivity index (χ0) is 24.3. The lowest BCUT2D eigenvalue weighted by molar-refractivity contribution is -0.134. The Hall–Kier alpha value is -4.63. The summed E-state index contributed by atoms with van der Waals surface area (Å²) in [6.07, 6.45) is 8.19. The molecule has 9 heteroatoms. The number of imidazole rings is 1. The number of hydrogen-bond acceptors (Lipinski definition) is 7. The minimum atomic E-state index is -1.56. The van der Waals surface area contributed by atoms with Crippen LogP contribution in [0.5, 0.6) is 5.75 Å². The minimum Gasteiger partial charge on any atom is -0.497 e. The van der Waals surface area contributed by atoms with Crippen molar-refractivity contribution in [2.24, 2.45) is 0 Å². The normalized spacial score (nSPS) is 12.7. The lowest BCUT2D eigenvalue weighted by atomic mass is 9.91. The summed E-state index contributed by atoms with van der Waals surface area (Å²) in [7, 11) is 3.03. The fraction of sp³-hybridized carbons (Fsp3) is 0.115. The Bertz CT molecular complexity index is 1480. The highest BCUT2D eigenvalue weighted by Gasteiger charge is 2.45. The highest BCUT2D eigenvalue weighted by molar-refractivity contribution is 6.01. The zero-order valence-electron chi connectivity index (χ0n) is 19.1. The molecule has 0 aliphatic rings. The van der Waals surface area contributed by atoms with Crippen molar-refractivity contribution in [3.63, 3.8) is 0 Å². The molecule has 9 nitrogen and oxygen atoms in total. The van der Waals surface area contributed by atoms with Crippen LogP contribution in [0.2, 0.25) is 0 Å². The maximum atomic E-state index is 13.8. The van der Waals surface area contributed by atoms with Gasteiger partial charge >= 0.3 is 0 Å². The van der Waals surface area contributed by atoms with Crippen LogP contribution in [0.1, 0.15) is 11.4 Å². The monoisotopic (exact) mass is 466 g/mol. The minimum absolute atomic E-state index is 0.333. The van der Waals surface area contributed by atoms with E-state index in [0.29, 0.717) is 22.8 Å². The number of H-pyrrole nitrogens is 1. The molecule has 174 valence electrons. The van der Waals surface area contributed by atoms with Crippen LogP contribution < -0.4 is 10.1 Å². The van der Waals surface area contributed by atoms with Gasteiger partial charge in [0.1, 0.15) is 5.75 Å². The second-order valence-electron chi connectivity index (χ2n) is 7.75. The first kappa shape index (κ1) is 22.2. The van der Waals surface area contributed by atoms with Crippen molar-refractivity contribution in [2.45, 2.75) is 5.60 Å². The number of ether oxygens (including phenoxy) is 2. The van der Waals surface area contributed by atoms with E-state index in [2.05, 4.69) is 30.5 Å². The molecule has 1 amide bonds. The molecule has 0 radical (unpaired) electrons. The first-order valence-corrected chi connectivity index (χ1v) is 10.8. The summed E-state index contributed by atoms with van der Waals surface area (Å²) in [6.45, 7) is 0. The summed E-state index contributed by atoms with van der Waals surface area (Å²) in [5.74, 6) is 0.475. The Morgan fingerprint density at radius 2 is 1.91 bits per heavy atom. The van der Waals surface area contributed by atoms with Gasteiger partial charge in [0.15, 0.2) is 5.82 Å². The summed E-state index contributed by atoms with van der Waals surface area (Å²) in [4.78, 5) is 25.5. The molecule has 0 fully saturated rings. The van der Waals surface area contributed by atoms with E-state index >= 15 is 0 Å². The van der Waals surface area contributed by atoms with Crippen molar-refractivity contribution >= 4 is 22.5 Å². The summed E-state index contributed by atoms with van der Waals surface area (Å²) in [5, 5.41) is 12.2. The number of aromatic nitrogens is 5. The predicted octanol–water partition coefficient (Wildman–Crippen LogP) is 3.95. The van der Waals surface area contributed by atoms with Crippen LogP contribution in [-0.4, -0.2) is 45.3 Å². The van der Waals surface area contributed by atoms with Crippen LogP contribution in [0.4, 0.5) is 5.69 Å². The van der Waals surface area contributed by atoms with Crippen molar-refractivity contribution in [1.29, 1.82) is 0 Å². The Morgan fingerprint density at radius 1 is 1.03 bits per heavy atom. The number of aromatic amines is 1. The van der Waals surface area contributed by atoms with Gasteiger partial charge in [0, 0.05) is 47.8 Å². The highest BCUT2D eigenvalue weighted by atomic mass is 16.5. The molecule has 2 aromatic carbocycles. The quantitative estimate of drug-likeness (QED) is 0.373. The predicted molar refractivity (Wildman–Crippen MR) is 131 cm³/mol. The van der Waals surface area contributed by atoms with E-state index in [1.165, 1.54) is 7.11 Å². The fourth-order valence-corrected chi connectivity index (χ4v) is 4.09. The molecular weight excluding hydrogens is 444 g/mol. The zero-order valence-corrected chi connectivity index (χ0v) is 19.1. The number of fused-ring (bicyclic) bond motifs is 1. The van der Waals surface area contributed by atoms with Gasteiger partial charge in [-0.1, -0.05) is 30.3 Å². The van der Waals surface area contributed by atoms with Gasteiger partial charge in [0.05, 0.1) is 30.7 Å². The second-order valence-corrected chi connectivity index (χ2v) is 7.75. The number of rotatable bonds is 7. The number of amides is 1. The molecule has 0 spiro atoms. The molecule has 3 heterocycles. The second kappa shape index (κ2) is 9.32. The molecule has 0 aliphatic heterocycles. The molecule has 5 rings (SSSR count). The van der Waals surface area contributed by atoms with E-state index in [4.69, 9.17) is 9.47 Å². The van der Waals surface area contributed by atoms with E-state index < -0.39 is 11.5 Å². The number of hydrogen-bond donors (Lipinski definition) is 2. The lowest BCUT2D eigenvalue weighted by Gasteiger charge is -2.30. The van der Waals surface area contributed by atoms with Gasteiger partial charge in [-0.3, -0.25) is 9.78 Å². The number of methoxy groups -OCH3 is 2. The average molecular weight is 467 g/mol. The molecule has 1 atom stereocenters. The maximum absolute atomic E-state index is 13.8. The number of carbonyl (C=O) groups excluding carboxylic acids is 1. The van der Waals surface area contributed by atoms with Gasteiger partial charge in [0.25, 0.3) is 5.91 Å². The van der Waals surface area contributed by atoms with Crippen LogP contribution in [0.15, 0.2) is 85.6 Å². The number of nitrogens with zero attached hydrogens (tertiary/aromatic N) is 4. The third-order valence-electron chi connectivity index (χ3n) is 5.79. The summed E-state index contributed by atoms with van der Waals surface area (Å²) in [6, 6.07) is 16.7. The standard InChI is InChI=1S/C26H22N6O3/c1-34-20-7-5-6-18(13-20)26(35-2,24-28-10-11-29-24)25(33)31-19-12-17(14-27-15-19)22-16-30-32-23-9-4-3-8-21(22)23/h3-16H,1-2H3,(H,28,29)(H,31,33)/t26-/m0/s1. The van der Waals surface area contributed by atoms with Crippen LogP contribution in [-0.2, 0) is 15.1 Å². The topological polar surface area (TPSA) is 115 Å². The summed E-state index contributed by atoms with van der Waals surface area (Å²) >= 11 is 0. The first-order chi connectivity index (χ1) is 17.2. The Kier molecular flexibility index (Phi) is 5.90. The molecule has 0 saturated heterocycles. The molecule has 35 heavy (non-hydrogen) atoms. The number of carbonyl (C=O) groups is 1. The average Bonchev–Trinajstić information content (AvgIpc) is 3.45. The van der Waals surface area contributed by atoms with E-state index in [1.54, 1.807) is 62.4 Å². The van der Waals surface area contributed by atoms with Gasteiger partial charge in [0.2, 0.25) is 5.60 Å². The fourth-order valence-electron chi connectivity index (χ4n) is 4.09. The third kappa shape index (κ3) is 3.98. The van der Waals surface area contributed by atoms with Gasteiger partial charge in [-0.25, -0.2) is 4.98 Å². The van der Waals surface area contributed by atoms with E-state index in [9.17, 15) is 4.79 Å². The largest absolute Gasteiger partial charge is 0.497 e. The smallest absolute Gasteiger partial charge is 0.269 e. The highest BCUT2D eigenvalue weighted by Crippen LogP contribution is 2.35. The van der Waals surface area contributed by atoms with E-state index in [0.717, 1.165) is 22.0 Å². The number of nitrogens with one attached hydrogen (secondary N) is 2. The SMILES string of the molecule is COc1cccc([C@@](OC)(C(=O)Nc2cncc(-c3cnnc4ccccc34)c2)c2ncc[nH]2)c1. The van der Waals surface area contributed by atoms with Crippen molar-refractivity contribution < 1.29 is 14.3 Å². The van der Waals surface area contributed by atoms with Crippen LogP contribution in [0.25, 0.3) is 22.0 Å². The van der Waals surface area contributed by atoms with Crippen LogP contribution in [0.3, 0.4) is 0 Å². The van der Waals surface area contributed by atoms with Crippen molar-refractivity contribution in [3.05, 3.63) is 97.0 Å². The van der Waals surface area contributed by atoms with Gasteiger partial charge in [-0.2, -0.15) is 10.2 Å². The van der Waals surface area contributed by atoms with Crippen molar-refractivity contribution in [1.82, 2.24) is 25.1 Å². The van der Waals surface area contributed by atoms with Crippen molar-refractivity contribution in [2.75, 3.05) is 19.5 Å². The van der Waals surface area contributed by atoms with Gasteiger partial charge < -0.3 is 19.8 Å². The summed E-state index contributed by atoms with van der Waals surface area (Å²) in [5.41, 5.74) is 1.91. The molecule has 0 aliphatic carbocycles. The molecular formula is C26H22N6O3. The molecule has 3 aromatic heterocycles. The molecule has 2 N–H and O–H groups in total. The van der Waals surface area contributed by atoms with Gasteiger partial charge in [-0.15, -0.1) is 0 Å². The van der Waals surface area contributed by atoms with Crippen LogP contribution >= 0.6 is 0 Å². The van der Waals surface area contributed by atoms with Crippen molar-refractivity contribution in [3.8, 4) is 16.9 Å². The maximum Gasteiger partial charge on any atom is 0.269 e. The van der Waals surface area contributed by atoms with E-state index in [-0.39, 0.29) is 0 Å². The van der Waals surface area contributed by atoms with Crippen LogP contribution in [0, 0.1) is 0 Å². The Morgan fingerprint density at radius 3 is 2.71 bits per heavy atom. The number of benzene rings is 2. The van der Waals surface area contributed by atoms with Gasteiger partial charge in [-0.05, 0) is 24.3 Å².